The van der Waals surface area contributed by atoms with Crippen molar-refractivity contribution in [1.82, 2.24) is 0 Å². The summed E-state index contributed by atoms with van der Waals surface area (Å²) in [6, 6.07) is 10.1. The van der Waals surface area contributed by atoms with E-state index in [0.717, 1.165) is 63.4 Å². The first-order valence-corrected chi connectivity index (χ1v) is 16.3. The van der Waals surface area contributed by atoms with Gasteiger partial charge in [-0.3, -0.25) is 9.59 Å². The van der Waals surface area contributed by atoms with E-state index in [2.05, 4.69) is 40.7 Å². The normalized spacial score (nSPS) is 44.9. The molecule has 8 atom stereocenters. The maximum absolute atomic E-state index is 14.1. The van der Waals surface area contributed by atoms with Crippen LogP contribution in [0, 0.1) is 50.2 Å². The van der Waals surface area contributed by atoms with Crippen LogP contribution in [0.5, 0.6) is 0 Å². The fourth-order valence-electron chi connectivity index (χ4n) is 11.3. The molecular formula is C37H52O4. The van der Waals surface area contributed by atoms with Gasteiger partial charge >= 0.3 is 5.97 Å². The van der Waals surface area contributed by atoms with Crippen molar-refractivity contribution < 1.29 is 19.4 Å². The lowest BCUT2D eigenvalue weighted by atomic mass is 9.33. The topological polar surface area (TPSA) is 63.6 Å². The first-order valence-electron chi connectivity index (χ1n) is 16.3. The highest BCUT2D eigenvalue weighted by molar-refractivity contribution is 5.86. The van der Waals surface area contributed by atoms with Crippen LogP contribution >= 0.6 is 0 Å². The van der Waals surface area contributed by atoms with E-state index < -0.39 is 10.8 Å². The molecule has 1 aromatic carbocycles. The summed E-state index contributed by atoms with van der Waals surface area (Å²) >= 11 is 0. The molecule has 0 radical (unpaired) electrons. The van der Waals surface area contributed by atoms with Crippen molar-refractivity contribution >= 4 is 11.8 Å². The van der Waals surface area contributed by atoms with Gasteiger partial charge in [-0.15, -0.1) is 0 Å². The Bertz CT molecular complexity index is 1250. The van der Waals surface area contributed by atoms with Crippen LogP contribution in [0.15, 0.2) is 42.0 Å². The molecule has 5 aliphatic rings. The predicted molar refractivity (Wildman–Crippen MR) is 162 cm³/mol. The molecule has 4 heteroatoms. The highest BCUT2D eigenvalue weighted by Gasteiger charge is 2.69. The van der Waals surface area contributed by atoms with Gasteiger partial charge in [-0.1, -0.05) is 83.5 Å². The monoisotopic (exact) mass is 560 g/mol. The number of rotatable bonds is 4. The van der Waals surface area contributed by atoms with Crippen LogP contribution in [0.1, 0.15) is 111 Å². The Morgan fingerprint density at radius 3 is 2.34 bits per heavy atom. The summed E-state index contributed by atoms with van der Waals surface area (Å²) in [7, 11) is 0. The molecular weight excluding hydrogens is 508 g/mol. The second-order valence-corrected chi connectivity index (χ2v) is 16.4. The SMILES string of the molecule is CC1(C)CC[C@]2(C(=O)OCc3ccccc3)CC[C@]3(C)C(=CCC4[C@@]5(C)CCC(=O)[C@@](C)(CO)[C@@H]5CC[C@]43C)[C@@H]2C1. The number of esters is 1. The summed E-state index contributed by atoms with van der Waals surface area (Å²) < 4.78 is 6.15. The van der Waals surface area contributed by atoms with Gasteiger partial charge in [0.2, 0.25) is 0 Å². The van der Waals surface area contributed by atoms with E-state index in [9.17, 15) is 14.7 Å². The number of fused-ring (bicyclic) bond motifs is 7. The Labute approximate surface area is 247 Å². The Morgan fingerprint density at radius 1 is 0.927 bits per heavy atom. The van der Waals surface area contributed by atoms with Crippen LogP contribution in [0.3, 0.4) is 0 Å². The first kappa shape index (κ1) is 29.1. The van der Waals surface area contributed by atoms with E-state index in [1.165, 1.54) is 5.57 Å². The molecule has 4 nitrogen and oxygen atoms in total. The molecule has 1 N–H and O–H groups in total. The van der Waals surface area contributed by atoms with Crippen molar-refractivity contribution in [3.63, 3.8) is 0 Å². The van der Waals surface area contributed by atoms with Crippen LogP contribution in [0.4, 0.5) is 0 Å². The third-order valence-corrected chi connectivity index (χ3v) is 14.1. The molecule has 0 amide bonds. The molecule has 4 saturated carbocycles. The number of hydrogen-bond acceptors (Lipinski definition) is 4. The fourth-order valence-corrected chi connectivity index (χ4v) is 11.3. The number of carbonyl (C=O) groups is 2. The van der Waals surface area contributed by atoms with E-state index in [1.54, 1.807) is 0 Å². The number of ketones is 1. The number of hydrogen-bond donors (Lipinski definition) is 1. The van der Waals surface area contributed by atoms with Crippen LogP contribution < -0.4 is 0 Å². The zero-order valence-corrected chi connectivity index (χ0v) is 26.4. The molecule has 4 fully saturated rings. The van der Waals surface area contributed by atoms with E-state index in [4.69, 9.17) is 4.74 Å². The molecule has 41 heavy (non-hydrogen) atoms. The molecule has 0 aliphatic heterocycles. The second kappa shape index (κ2) is 9.53. The van der Waals surface area contributed by atoms with Gasteiger partial charge in [0.1, 0.15) is 12.4 Å². The van der Waals surface area contributed by atoms with Gasteiger partial charge in [0.25, 0.3) is 0 Å². The number of Topliss-reactive ketones (excluding diaryl/α,β-unsaturated/α-hetero) is 1. The number of aliphatic hydroxyl groups is 1. The summed E-state index contributed by atoms with van der Waals surface area (Å²) in [4.78, 5) is 27.3. The van der Waals surface area contributed by atoms with Crippen LogP contribution in [0.2, 0.25) is 0 Å². The third kappa shape index (κ3) is 4.01. The highest BCUT2D eigenvalue weighted by Crippen LogP contribution is 2.75. The Hall–Kier alpha value is -1.94. The van der Waals surface area contributed by atoms with Crippen molar-refractivity contribution in [2.45, 2.75) is 112 Å². The quantitative estimate of drug-likeness (QED) is 0.299. The van der Waals surface area contributed by atoms with Crippen molar-refractivity contribution in [2.24, 2.45) is 50.2 Å². The minimum atomic E-state index is -0.628. The fraction of sp³-hybridized carbons (Fsp3) is 0.730. The molecule has 0 heterocycles. The highest BCUT2D eigenvalue weighted by atomic mass is 16.5. The van der Waals surface area contributed by atoms with E-state index in [0.29, 0.717) is 18.9 Å². The zero-order valence-electron chi connectivity index (χ0n) is 26.4. The molecule has 0 aromatic heterocycles. The standard InChI is InChI=1S/C37H52O4/c1-32(2)18-20-37(31(40)41-23-25-10-8-7-9-11-25)21-19-35(5)26(27(37)22-32)12-13-29-33(3)16-15-30(39)34(4,24-38)28(33)14-17-36(29,35)6/h7-12,27-29,38H,13-24H2,1-6H3/t27-,28+,29?,33-,34-,35+,36+,37-/m0/s1. The maximum Gasteiger partial charge on any atom is 0.313 e. The first-order chi connectivity index (χ1) is 19.3. The van der Waals surface area contributed by atoms with Gasteiger partial charge in [0.15, 0.2) is 0 Å². The third-order valence-electron chi connectivity index (χ3n) is 14.1. The molecule has 1 unspecified atom stereocenters. The van der Waals surface area contributed by atoms with Crippen molar-refractivity contribution in [2.75, 3.05) is 6.61 Å². The Morgan fingerprint density at radius 2 is 1.63 bits per heavy atom. The molecule has 0 bridgehead atoms. The Balaban J connectivity index is 1.37. The van der Waals surface area contributed by atoms with Crippen LogP contribution in [-0.2, 0) is 20.9 Å². The van der Waals surface area contributed by atoms with Crippen molar-refractivity contribution in [3.05, 3.63) is 47.5 Å². The van der Waals surface area contributed by atoms with Gasteiger partial charge in [-0.2, -0.15) is 0 Å². The maximum atomic E-state index is 14.1. The average Bonchev–Trinajstić information content (AvgIpc) is 2.94. The lowest BCUT2D eigenvalue weighted by Crippen LogP contribution is -2.65. The molecule has 224 valence electrons. The van der Waals surface area contributed by atoms with Gasteiger partial charge in [-0.25, -0.2) is 0 Å². The number of benzene rings is 1. The smallest absolute Gasteiger partial charge is 0.313 e. The summed E-state index contributed by atoms with van der Waals surface area (Å²) in [6.07, 6.45) is 12.1. The summed E-state index contributed by atoms with van der Waals surface area (Å²) in [5.41, 5.74) is 1.85. The van der Waals surface area contributed by atoms with Gasteiger partial charge in [0.05, 0.1) is 17.4 Å². The summed E-state index contributed by atoms with van der Waals surface area (Å²) in [5.74, 6) is 1.17. The molecule has 5 aliphatic carbocycles. The van der Waals surface area contributed by atoms with Gasteiger partial charge in [-0.05, 0) is 103 Å². The minimum absolute atomic E-state index is 0.0113. The van der Waals surface area contributed by atoms with Gasteiger partial charge in [0, 0.05) is 6.42 Å². The van der Waals surface area contributed by atoms with Crippen molar-refractivity contribution in [1.29, 1.82) is 0 Å². The number of allylic oxidation sites excluding steroid dienone is 2. The second-order valence-electron chi connectivity index (χ2n) is 16.4. The zero-order chi connectivity index (χ0) is 29.5. The van der Waals surface area contributed by atoms with E-state index in [-0.39, 0.29) is 51.9 Å². The molecule has 6 rings (SSSR count). The van der Waals surface area contributed by atoms with Crippen molar-refractivity contribution in [3.8, 4) is 0 Å². The number of carbonyl (C=O) groups excluding carboxylic acids is 2. The molecule has 0 spiro atoms. The Kier molecular flexibility index (Phi) is 6.77. The van der Waals surface area contributed by atoms with Gasteiger partial charge < -0.3 is 9.84 Å². The number of aliphatic hydroxyl groups excluding tert-OH is 1. The largest absolute Gasteiger partial charge is 0.460 e. The molecule has 0 saturated heterocycles. The lowest BCUT2D eigenvalue weighted by molar-refractivity contribution is -0.196. The van der Waals surface area contributed by atoms with Crippen LogP contribution in [-0.4, -0.2) is 23.5 Å². The van der Waals surface area contributed by atoms with E-state index in [1.807, 2.05) is 37.3 Å². The van der Waals surface area contributed by atoms with E-state index >= 15 is 0 Å². The van der Waals surface area contributed by atoms with Crippen LogP contribution in [0.25, 0.3) is 0 Å². The average molecular weight is 561 g/mol. The summed E-state index contributed by atoms with van der Waals surface area (Å²) in [6.45, 7) is 14.6. The summed E-state index contributed by atoms with van der Waals surface area (Å²) in [5, 5.41) is 10.5. The number of ether oxygens (including phenoxy) is 1. The minimum Gasteiger partial charge on any atom is -0.460 e. The predicted octanol–water partition coefficient (Wildman–Crippen LogP) is 8.07. The molecule has 1 aromatic rings. The lowest BCUT2D eigenvalue weighted by Gasteiger charge is -2.70.